The molecule has 0 bridgehead atoms. The number of nitrogens with zero attached hydrogens (tertiary/aromatic N) is 2. The van der Waals surface area contributed by atoms with E-state index in [9.17, 15) is 9.59 Å². The van der Waals surface area contributed by atoms with Crippen LogP contribution in [0.4, 0.5) is 0 Å². The Morgan fingerprint density at radius 1 is 1.11 bits per heavy atom. The second kappa shape index (κ2) is 8.59. The Morgan fingerprint density at radius 2 is 1.81 bits per heavy atom. The van der Waals surface area contributed by atoms with Crippen LogP contribution >= 0.6 is 23.7 Å². The zero-order chi connectivity index (χ0) is 18.1. The summed E-state index contributed by atoms with van der Waals surface area (Å²) in [7, 11) is 0. The first-order valence-corrected chi connectivity index (χ1v) is 10.2. The van der Waals surface area contributed by atoms with Crippen LogP contribution in [0.25, 0.3) is 10.1 Å². The van der Waals surface area contributed by atoms with Crippen molar-refractivity contribution >= 4 is 45.6 Å². The molecule has 1 atom stereocenters. The standard InChI is InChI=1S/C20H25N3O2S.ClH/c1-14-16-6-2-3-7-17(16)26-18(14)20(25)23-11-9-22(10-12-23)19(24)15-5-4-8-21-13-15;/h2-3,6-7,15,21H,4-5,8-13H2,1H3;1H. The minimum absolute atomic E-state index is 0. The van der Waals surface area contributed by atoms with Crippen molar-refractivity contribution < 1.29 is 9.59 Å². The molecule has 1 aromatic heterocycles. The molecule has 0 spiro atoms. The molecule has 0 aliphatic carbocycles. The average Bonchev–Trinajstić information content (AvgIpc) is 3.04. The molecule has 146 valence electrons. The summed E-state index contributed by atoms with van der Waals surface area (Å²) < 4.78 is 1.16. The molecular weight excluding hydrogens is 382 g/mol. The van der Waals surface area contributed by atoms with Crippen LogP contribution in [-0.2, 0) is 4.79 Å². The first-order valence-electron chi connectivity index (χ1n) is 9.42. The first kappa shape index (κ1) is 20.1. The lowest BCUT2D eigenvalue weighted by Crippen LogP contribution is -2.53. The molecule has 2 aliphatic rings. The quantitative estimate of drug-likeness (QED) is 0.832. The Bertz CT molecular complexity index is 824. The number of fused-ring (bicyclic) bond motifs is 1. The third kappa shape index (κ3) is 3.98. The van der Waals surface area contributed by atoms with E-state index in [-0.39, 0.29) is 30.1 Å². The smallest absolute Gasteiger partial charge is 0.264 e. The fourth-order valence-corrected chi connectivity index (χ4v) is 5.15. The van der Waals surface area contributed by atoms with Crippen molar-refractivity contribution in [2.75, 3.05) is 39.3 Å². The Morgan fingerprint density at radius 3 is 2.48 bits per heavy atom. The number of carbonyl (C=O) groups is 2. The summed E-state index contributed by atoms with van der Waals surface area (Å²) in [5, 5.41) is 4.48. The predicted octanol–water partition coefficient (Wildman–Crippen LogP) is 2.92. The van der Waals surface area contributed by atoms with Crippen molar-refractivity contribution in [2.45, 2.75) is 19.8 Å². The van der Waals surface area contributed by atoms with Gasteiger partial charge in [-0.3, -0.25) is 9.59 Å². The molecule has 2 saturated heterocycles. The van der Waals surface area contributed by atoms with Crippen molar-refractivity contribution in [1.29, 1.82) is 0 Å². The zero-order valence-corrected chi connectivity index (χ0v) is 17.2. The number of benzene rings is 1. The second-order valence-corrected chi connectivity index (χ2v) is 8.27. The normalized spacial score (nSPS) is 20.4. The Hall–Kier alpha value is -1.63. The van der Waals surface area contributed by atoms with E-state index >= 15 is 0 Å². The zero-order valence-electron chi connectivity index (χ0n) is 15.6. The summed E-state index contributed by atoms with van der Waals surface area (Å²) in [6.07, 6.45) is 2.05. The lowest BCUT2D eigenvalue weighted by atomic mass is 9.98. The van der Waals surface area contributed by atoms with Gasteiger partial charge < -0.3 is 15.1 Å². The molecule has 2 amide bonds. The molecular formula is C20H26ClN3O2S. The van der Waals surface area contributed by atoms with E-state index < -0.39 is 0 Å². The summed E-state index contributed by atoms with van der Waals surface area (Å²) in [5.41, 5.74) is 1.07. The van der Waals surface area contributed by atoms with Gasteiger partial charge in [0.1, 0.15) is 0 Å². The molecule has 27 heavy (non-hydrogen) atoms. The first-order chi connectivity index (χ1) is 12.6. The minimum atomic E-state index is 0. The third-order valence-electron chi connectivity index (χ3n) is 5.56. The number of hydrogen-bond acceptors (Lipinski definition) is 4. The fraction of sp³-hybridized carbons (Fsp3) is 0.500. The number of hydrogen-bond donors (Lipinski definition) is 1. The SMILES string of the molecule is Cc1c(C(=O)N2CCN(C(=O)C3CCCNC3)CC2)sc2ccccc12.Cl. The van der Waals surface area contributed by atoms with E-state index in [4.69, 9.17) is 0 Å². The van der Waals surface area contributed by atoms with Crippen LogP contribution in [0, 0.1) is 12.8 Å². The largest absolute Gasteiger partial charge is 0.339 e. The van der Waals surface area contributed by atoms with Crippen molar-refractivity contribution in [3.63, 3.8) is 0 Å². The number of thiophene rings is 1. The highest BCUT2D eigenvalue weighted by Crippen LogP contribution is 2.31. The van der Waals surface area contributed by atoms with E-state index in [1.165, 1.54) is 5.39 Å². The van der Waals surface area contributed by atoms with Crippen LogP contribution in [0.5, 0.6) is 0 Å². The maximum absolute atomic E-state index is 13.0. The van der Waals surface area contributed by atoms with Crippen LogP contribution in [0.15, 0.2) is 24.3 Å². The number of halogens is 1. The van der Waals surface area contributed by atoms with Gasteiger partial charge >= 0.3 is 0 Å². The van der Waals surface area contributed by atoms with Crippen molar-refractivity contribution in [1.82, 2.24) is 15.1 Å². The third-order valence-corrected chi connectivity index (χ3v) is 6.82. The van der Waals surface area contributed by atoms with Crippen molar-refractivity contribution in [3.8, 4) is 0 Å². The molecule has 2 aromatic rings. The Balaban J connectivity index is 0.00000210. The summed E-state index contributed by atoms with van der Waals surface area (Å²) in [5.74, 6) is 0.466. The summed E-state index contributed by atoms with van der Waals surface area (Å²) in [6.45, 7) is 6.37. The number of carbonyl (C=O) groups excluding carboxylic acids is 2. The van der Waals surface area contributed by atoms with Crippen LogP contribution in [0.1, 0.15) is 28.1 Å². The Kier molecular flexibility index (Phi) is 6.40. The monoisotopic (exact) mass is 407 g/mol. The van der Waals surface area contributed by atoms with Gasteiger partial charge in [-0.25, -0.2) is 0 Å². The lowest BCUT2D eigenvalue weighted by Gasteiger charge is -2.37. The maximum atomic E-state index is 13.0. The van der Waals surface area contributed by atoms with E-state index in [0.29, 0.717) is 26.2 Å². The van der Waals surface area contributed by atoms with Crippen molar-refractivity contribution in [2.24, 2.45) is 5.92 Å². The number of nitrogens with one attached hydrogen (secondary N) is 1. The van der Waals surface area contributed by atoms with Crippen molar-refractivity contribution in [3.05, 3.63) is 34.7 Å². The molecule has 1 aromatic carbocycles. The van der Waals surface area contributed by atoms with E-state index in [1.54, 1.807) is 11.3 Å². The number of aryl methyl sites for hydroxylation is 1. The van der Waals surface area contributed by atoms with Gasteiger partial charge in [0.25, 0.3) is 5.91 Å². The highest BCUT2D eigenvalue weighted by atomic mass is 35.5. The highest BCUT2D eigenvalue weighted by molar-refractivity contribution is 7.21. The maximum Gasteiger partial charge on any atom is 0.264 e. The molecule has 5 nitrogen and oxygen atoms in total. The topological polar surface area (TPSA) is 52.7 Å². The molecule has 3 heterocycles. The van der Waals surface area contributed by atoms with Crippen LogP contribution in [0.2, 0.25) is 0 Å². The van der Waals surface area contributed by atoms with E-state index in [0.717, 1.165) is 41.1 Å². The van der Waals surface area contributed by atoms with Gasteiger partial charge in [0.2, 0.25) is 5.91 Å². The van der Waals surface area contributed by atoms with Gasteiger partial charge in [0.15, 0.2) is 0 Å². The minimum Gasteiger partial charge on any atom is -0.339 e. The summed E-state index contributed by atoms with van der Waals surface area (Å²) in [6, 6.07) is 8.17. The lowest BCUT2D eigenvalue weighted by molar-refractivity contribution is -0.137. The molecule has 1 N–H and O–H groups in total. The molecule has 0 saturated carbocycles. The molecule has 2 aliphatic heterocycles. The van der Waals surface area contributed by atoms with E-state index in [1.807, 2.05) is 28.9 Å². The molecule has 1 unspecified atom stereocenters. The molecule has 0 radical (unpaired) electrons. The van der Waals surface area contributed by atoms with Gasteiger partial charge in [-0.15, -0.1) is 23.7 Å². The van der Waals surface area contributed by atoms with E-state index in [2.05, 4.69) is 17.4 Å². The number of piperazine rings is 1. The Labute approximate surface area is 170 Å². The second-order valence-electron chi connectivity index (χ2n) is 7.21. The number of piperidine rings is 1. The van der Waals surface area contributed by atoms with Crippen LogP contribution in [-0.4, -0.2) is 60.9 Å². The summed E-state index contributed by atoms with van der Waals surface area (Å²) in [4.78, 5) is 30.3. The van der Waals surface area contributed by atoms with Gasteiger partial charge in [-0.2, -0.15) is 0 Å². The molecule has 4 rings (SSSR count). The van der Waals surface area contributed by atoms with Gasteiger partial charge in [0.05, 0.1) is 10.8 Å². The predicted molar refractivity (Wildman–Crippen MR) is 112 cm³/mol. The number of amides is 2. The van der Waals surface area contributed by atoms with Crippen LogP contribution < -0.4 is 5.32 Å². The highest BCUT2D eigenvalue weighted by Gasteiger charge is 2.30. The average molecular weight is 408 g/mol. The van der Waals surface area contributed by atoms with Gasteiger partial charge in [-0.05, 0) is 43.3 Å². The van der Waals surface area contributed by atoms with Crippen LogP contribution in [0.3, 0.4) is 0 Å². The fourth-order valence-electron chi connectivity index (χ4n) is 3.97. The van der Waals surface area contributed by atoms with Gasteiger partial charge in [0, 0.05) is 37.4 Å². The van der Waals surface area contributed by atoms with Gasteiger partial charge in [-0.1, -0.05) is 18.2 Å². The summed E-state index contributed by atoms with van der Waals surface area (Å²) >= 11 is 1.58. The molecule has 2 fully saturated rings. The molecule has 7 heteroatoms. The number of rotatable bonds is 2.